The van der Waals surface area contributed by atoms with E-state index in [1.165, 1.54) is 12.1 Å². The van der Waals surface area contributed by atoms with Gasteiger partial charge in [0.05, 0.1) is 0 Å². The number of amides is 1. The second kappa shape index (κ2) is 4.63. The molecule has 3 N–H and O–H groups in total. The highest BCUT2D eigenvalue weighted by Crippen LogP contribution is 2.39. The lowest BCUT2D eigenvalue weighted by atomic mass is 9.90. The average molecular weight is 270 g/mol. The van der Waals surface area contributed by atoms with Crippen LogP contribution in [0.5, 0.6) is 0 Å². The number of nitrogens with one attached hydrogen (secondary N) is 1. The SMILES string of the molecule is NC(=O)C1(Nc2cccc(F)c2)CCc2ccccc21. The molecule has 0 spiro atoms. The first kappa shape index (κ1) is 12.7. The lowest BCUT2D eigenvalue weighted by molar-refractivity contribution is -0.122. The van der Waals surface area contributed by atoms with Gasteiger partial charge >= 0.3 is 0 Å². The predicted octanol–water partition coefficient (Wildman–Crippen LogP) is 2.56. The van der Waals surface area contributed by atoms with Crippen LogP contribution < -0.4 is 11.1 Å². The van der Waals surface area contributed by atoms with Crippen molar-refractivity contribution in [1.82, 2.24) is 0 Å². The largest absolute Gasteiger partial charge is 0.368 e. The molecular weight excluding hydrogens is 255 g/mol. The Morgan fingerprint density at radius 1 is 1.20 bits per heavy atom. The molecular formula is C16H15FN2O. The van der Waals surface area contributed by atoms with Gasteiger partial charge in [-0.1, -0.05) is 30.3 Å². The van der Waals surface area contributed by atoms with Crippen LogP contribution in [0.1, 0.15) is 17.5 Å². The Kier molecular flexibility index (Phi) is 2.93. The zero-order valence-corrected chi connectivity index (χ0v) is 10.9. The molecule has 102 valence electrons. The summed E-state index contributed by atoms with van der Waals surface area (Å²) in [5.41, 5.74) is 7.23. The molecule has 1 atom stereocenters. The Hall–Kier alpha value is -2.36. The molecule has 0 aliphatic heterocycles. The van der Waals surface area contributed by atoms with Crippen LogP contribution >= 0.6 is 0 Å². The van der Waals surface area contributed by atoms with Crippen molar-refractivity contribution in [3.05, 3.63) is 65.5 Å². The van der Waals surface area contributed by atoms with Gasteiger partial charge in [-0.05, 0) is 42.2 Å². The van der Waals surface area contributed by atoms with Crippen LogP contribution in [0.2, 0.25) is 0 Å². The molecule has 1 aliphatic carbocycles. The number of hydrogen-bond donors (Lipinski definition) is 2. The Morgan fingerprint density at radius 2 is 2.00 bits per heavy atom. The van der Waals surface area contributed by atoms with Crippen molar-refractivity contribution in [3.63, 3.8) is 0 Å². The second-order valence-electron chi connectivity index (χ2n) is 5.06. The van der Waals surface area contributed by atoms with E-state index in [1.807, 2.05) is 24.3 Å². The van der Waals surface area contributed by atoms with Gasteiger partial charge in [0.1, 0.15) is 11.4 Å². The van der Waals surface area contributed by atoms with E-state index < -0.39 is 11.4 Å². The van der Waals surface area contributed by atoms with Crippen LogP contribution in [0.4, 0.5) is 10.1 Å². The van der Waals surface area contributed by atoms with Gasteiger partial charge in [-0.15, -0.1) is 0 Å². The highest BCUT2D eigenvalue weighted by Gasteiger charge is 2.43. The van der Waals surface area contributed by atoms with Gasteiger partial charge in [-0.25, -0.2) is 4.39 Å². The molecule has 0 saturated carbocycles. The zero-order chi connectivity index (χ0) is 14.2. The summed E-state index contributed by atoms with van der Waals surface area (Å²) >= 11 is 0. The van der Waals surface area contributed by atoms with E-state index >= 15 is 0 Å². The highest BCUT2D eigenvalue weighted by atomic mass is 19.1. The summed E-state index contributed by atoms with van der Waals surface area (Å²) in [6.45, 7) is 0. The van der Waals surface area contributed by atoms with E-state index in [0.717, 1.165) is 17.5 Å². The quantitative estimate of drug-likeness (QED) is 0.900. The number of fused-ring (bicyclic) bond motifs is 1. The monoisotopic (exact) mass is 270 g/mol. The molecule has 1 amide bonds. The van der Waals surface area contributed by atoms with Crippen molar-refractivity contribution in [2.45, 2.75) is 18.4 Å². The average Bonchev–Trinajstić information content (AvgIpc) is 2.79. The van der Waals surface area contributed by atoms with Crippen LogP contribution in [-0.2, 0) is 16.8 Å². The molecule has 20 heavy (non-hydrogen) atoms. The minimum Gasteiger partial charge on any atom is -0.368 e. The first-order valence-corrected chi connectivity index (χ1v) is 6.54. The minimum absolute atomic E-state index is 0.346. The Balaban J connectivity index is 2.05. The number of primary amides is 1. The van der Waals surface area contributed by atoms with Crippen LogP contribution in [0, 0.1) is 5.82 Å². The fourth-order valence-electron chi connectivity index (χ4n) is 2.87. The first-order chi connectivity index (χ1) is 9.62. The summed E-state index contributed by atoms with van der Waals surface area (Å²) in [4.78, 5) is 12.0. The third-order valence-electron chi connectivity index (χ3n) is 3.85. The molecule has 2 aromatic carbocycles. The molecule has 0 bridgehead atoms. The van der Waals surface area contributed by atoms with Crippen molar-refractivity contribution in [1.29, 1.82) is 0 Å². The molecule has 1 aliphatic rings. The third-order valence-corrected chi connectivity index (χ3v) is 3.85. The van der Waals surface area contributed by atoms with E-state index in [0.29, 0.717) is 12.1 Å². The van der Waals surface area contributed by atoms with Crippen molar-refractivity contribution < 1.29 is 9.18 Å². The topological polar surface area (TPSA) is 55.1 Å². The summed E-state index contributed by atoms with van der Waals surface area (Å²) in [5, 5.41) is 3.14. The third kappa shape index (κ3) is 1.93. The van der Waals surface area contributed by atoms with Crippen LogP contribution in [0.25, 0.3) is 0 Å². The van der Waals surface area contributed by atoms with Crippen molar-refractivity contribution >= 4 is 11.6 Å². The summed E-state index contributed by atoms with van der Waals surface area (Å²) in [6, 6.07) is 13.8. The van der Waals surface area contributed by atoms with Gasteiger partial charge in [-0.3, -0.25) is 4.79 Å². The lowest BCUT2D eigenvalue weighted by Gasteiger charge is -2.29. The van der Waals surface area contributed by atoms with Crippen LogP contribution in [0.15, 0.2) is 48.5 Å². The van der Waals surface area contributed by atoms with Crippen LogP contribution in [0.3, 0.4) is 0 Å². The van der Waals surface area contributed by atoms with Gasteiger partial charge < -0.3 is 11.1 Å². The van der Waals surface area contributed by atoms with Gasteiger partial charge in [0.15, 0.2) is 0 Å². The molecule has 0 saturated heterocycles. The summed E-state index contributed by atoms with van der Waals surface area (Å²) in [7, 11) is 0. The molecule has 0 heterocycles. The molecule has 4 heteroatoms. The highest BCUT2D eigenvalue weighted by molar-refractivity contribution is 5.90. The number of aryl methyl sites for hydroxylation is 1. The maximum atomic E-state index is 13.3. The number of halogens is 1. The standard InChI is InChI=1S/C16H15FN2O/c17-12-5-3-6-13(10-12)19-16(15(18)20)9-8-11-4-1-2-7-14(11)16/h1-7,10,19H,8-9H2,(H2,18,20). The summed E-state index contributed by atoms with van der Waals surface area (Å²) in [6.07, 6.45) is 1.36. The molecule has 0 aromatic heterocycles. The number of carbonyl (C=O) groups is 1. The number of nitrogens with two attached hydrogens (primary N) is 1. The second-order valence-corrected chi connectivity index (χ2v) is 5.06. The van der Waals surface area contributed by atoms with E-state index in [9.17, 15) is 9.18 Å². The molecule has 2 aromatic rings. The summed E-state index contributed by atoms with van der Waals surface area (Å²) < 4.78 is 13.3. The van der Waals surface area contributed by atoms with E-state index in [2.05, 4.69) is 5.32 Å². The summed E-state index contributed by atoms with van der Waals surface area (Å²) in [5.74, 6) is -0.785. The number of anilines is 1. The van der Waals surface area contributed by atoms with Crippen LogP contribution in [-0.4, -0.2) is 5.91 Å². The van der Waals surface area contributed by atoms with Gasteiger partial charge in [-0.2, -0.15) is 0 Å². The molecule has 0 fully saturated rings. The fourth-order valence-corrected chi connectivity index (χ4v) is 2.87. The first-order valence-electron chi connectivity index (χ1n) is 6.54. The Morgan fingerprint density at radius 3 is 2.75 bits per heavy atom. The maximum absolute atomic E-state index is 13.3. The predicted molar refractivity (Wildman–Crippen MR) is 75.7 cm³/mol. The minimum atomic E-state index is -0.954. The van der Waals surface area contributed by atoms with Gasteiger partial charge in [0.2, 0.25) is 5.91 Å². The Bertz CT molecular complexity index is 671. The smallest absolute Gasteiger partial charge is 0.247 e. The number of hydrogen-bond acceptors (Lipinski definition) is 2. The van der Waals surface area contributed by atoms with E-state index in [1.54, 1.807) is 12.1 Å². The molecule has 3 nitrogen and oxygen atoms in total. The number of benzene rings is 2. The zero-order valence-electron chi connectivity index (χ0n) is 10.9. The Labute approximate surface area is 116 Å². The van der Waals surface area contributed by atoms with Crippen molar-refractivity contribution in [2.24, 2.45) is 5.73 Å². The van der Waals surface area contributed by atoms with E-state index in [4.69, 9.17) is 5.73 Å². The van der Waals surface area contributed by atoms with Crippen molar-refractivity contribution in [2.75, 3.05) is 5.32 Å². The molecule has 1 unspecified atom stereocenters. The maximum Gasteiger partial charge on any atom is 0.247 e. The van der Waals surface area contributed by atoms with Gasteiger partial charge in [0.25, 0.3) is 0 Å². The van der Waals surface area contributed by atoms with Crippen molar-refractivity contribution in [3.8, 4) is 0 Å². The normalized spacial score (nSPS) is 20.4. The van der Waals surface area contributed by atoms with E-state index in [-0.39, 0.29) is 5.82 Å². The molecule has 3 rings (SSSR count). The molecule has 0 radical (unpaired) electrons. The fraction of sp³-hybridized carbons (Fsp3) is 0.188. The number of carbonyl (C=O) groups excluding carboxylic acids is 1. The van der Waals surface area contributed by atoms with Gasteiger partial charge in [0, 0.05) is 5.69 Å². The number of rotatable bonds is 3. The lowest BCUT2D eigenvalue weighted by Crippen LogP contribution is -2.46.